The highest BCUT2D eigenvalue weighted by Gasteiger charge is 2.27. The van der Waals surface area contributed by atoms with Crippen LogP contribution in [0.1, 0.15) is 0 Å². The summed E-state index contributed by atoms with van der Waals surface area (Å²) in [6.07, 6.45) is 0. The second-order valence-electron chi connectivity index (χ2n) is 3.42. The minimum absolute atomic E-state index is 0.529. The Bertz CT molecular complexity index is 511. The topological polar surface area (TPSA) is 35.5 Å². The van der Waals surface area contributed by atoms with Crippen LogP contribution in [0.4, 0.5) is 0 Å². The van der Waals surface area contributed by atoms with Crippen molar-refractivity contribution in [3.63, 3.8) is 0 Å². The van der Waals surface area contributed by atoms with Crippen LogP contribution in [0, 0.1) is 0 Å². The highest BCUT2D eigenvalue weighted by Crippen LogP contribution is 2.46. The van der Waals surface area contributed by atoms with Gasteiger partial charge in [-0.1, -0.05) is 36.4 Å². The van der Waals surface area contributed by atoms with E-state index in [2.05, 4.69) is 0 Å². The van der Waals surface area contributed by atoms with Crippen LogP contribution in [0.5, 0.6) is 5.75 Å². The average molecular weight is 248 g/mol. The molecule has 0 spiro atoms. The molecular weight excluding hydrogens is 235 g/mol. The van der Waals surface area contributed by atoms with Gasteiger partial charge in [-0.05, 0) is 24.3 Å². The summed E-state index contributed by atoms with van der Waals surface area (Å²) < 4.78 is 23.0. The van der Waals surface area contributed by atoms with E-state index in [1.165, 1.54) is 7.11 Å². The van der Waals surface area contributed by atoms with Crippen LogP contribution in [-0.2, 0) is 9.09 Å². The molecule has 0 radical (unpaired) electrons. The van der Waals surface area contributed by atoms with Gasteiger partial charge in [-0.3, -0.25) is 4.52 Å². The molecule has 0 amide bonds. The second kappa shape index (κ2) is 5.17. The van der Waals surface area contributed by atoms with Crippen molar-refractivity contribution in [2.75, 3.05) is 7.11 Å². The van der Waals surface area contributed by atoms with Crippen LogP contribution in [0.3, 0.4) is 0 Å². The standard InChI is InChI=1S/C13H13O3P/c1-15-17(14,13-10-6-3-7-11-13)16-12-8-4-2-5-9-12/h2-11H,1H3/t17-/m1/s1. The first kappa shape index (κ1) is 11.9. The van der Waals surface area contributed by atoms with E-state index < -0.39 is 7.60 Å². The van der Waals surface area contributed by atoms with Crippen molar-refractivity contribution < 1.29 is 13.6 Å². The predicted octanol–water partition coefficient (Wildman–Crippen LogP) is 3.23. The first-order chi connectivity index (χ1) is 8.24. The molecule has 2 aromatic carbocycles. The van der Waals surface area contributed by atoms with Crippen LogP contribution in [0.2, 0.25) is 0 Å². The van der Waals surface area contributed by atoms with Gasteiger partial charge in [0.05, 0.1) is 5.30 Å². The Morgan fingerprint density at radius 2 is 1.41 bits per heavy atom. The van der Waals surface area contributed by atoms with Gasteiger partial charge >= 0.3 is 7.60 Å². The van der Waals surface area contributed by atoms with E-state index in [-0.39, 0.29) is 0 Å². The third-order valence-electron chi connectivity index (χ3n) is 2.28. The maximum atomic E-state index is 12.5. The zero-order valence-corrected chi connectivity index (χ0v) is 10.3. The van der Waals surface area contributed by atoms with E-state index >= 15 is 0 Å². The first-order valence-electron chi connectivity index (χ1n) is 5.21. The fourth-order valence-corrected chi connectivity index (χ4v) is 2.75. The van der Waals surface area contributed by atoms with E-state index in [0.29, 0.717) is 11.1 Å². The number of hydrogen-bond acceptors (Lipinski definition) is 3. The average Bonchev–Trinajstić information content (AvgIpc) is 2.41. The van der Waals surface area contributed by atoms with Crippen molar-refractivity contribution in [3.8, 4) is 5.75 Å². The first-order valence-corrected chi connectivity index (χ1v) is 6.75. The molecule has 0 N–H and O–H groups in total. The quantitative estimate of drug-likeness (QED) is 0.779. The summed E-state index contributed by atoms with van der Waals surface area (Å²) in [4.78, 5) is 0. The van der Waals surface area contributed by atoms with Gasteiger partial charge in [-0.15, -0.1) is 0 Å². The highest BCUT2D eigenvalue weighted by molar-refractivity contribution is 7.62. The van der Waals surface area contributed by atoms with Crippen LogP contribution in [-0.4, -0.2) is 7.11 Å². The third kappa shape index (κ3) is 2.76. The number of rotatable bonds is 4. The third-order valence-corrected chi connectivity index (χ3v) is 4.14. The van der Waals surface area contributed by atoms with Crippen LogP contribution in [0.25, 0.3) is 0 Å². The lowest BCUT2D eigenvalue weighted by atomic mass is 10.3. The van der Waals surface area contributed by atoms with E-state index in [9.17, 15) is 4.57 Å². The summed E-state index contributed by atoms with van der Waals surface area (Å²) in [6, 6.07) is 17.9. The van der Waals surface area contributed by atoms with Crippen LogP contribution < -0.4 is 9.83 Å². The summed E-state index contributed by atoms with van der Waals surface area (Å²) in [6.45, 7) is 0. The van der Waals surface area contributed by atoms with Gasteiger partial charge in [0.15, 0.2) is 0 Å². The van der Waals surface area contributed by atoms with E-state index in [1.54, 1.807) is 36.4 Å². The Balaban J connectivity index is 2.30. The van der Waals surface area contributed by atoms with Crippen molar-refractivity contribution in [1.82, 2.24) is 0 Å². The summed E-state index contributed by atoms with van der Waals surface area (Å²) in [5, 5.41) is 0.548. The Kier molecular flexibility index (Phi) is 3.62. The summed E-state index contributed by atoms with van der Waals surface area (Å²) in [5.74, 6) is 0.529. The van der Waals surface area contributed by atoms with Crippen molar-refractivity contribution >= 4 is 12.9 Å². The summed E-state index contributed by atoms with van der Waals surface area (Å²) >= 11 is 0. The zero-order chi connectivity index (χ0) is 12.1. The van der Waals surface area contributed by atoms with Crippen LogP contribution in [0.15, 0.2) is 60.7 Å². The molecule has 0 heterocycles. The zero-order valence-electron chi connectivity index (χ0n) is 9.45. The largest absolute Gasteiger partial charge is 0.421 e. The number of para-hydroxylation sites is 1. The molecule has 2 rings (SSSR count). The summed E-state index contributed by atoms with van der Waals surface area (Å²) in [7, 11) is -1.89. The van der Waals surface area contributed by atoms with Gasteiger partial charge in [0.1, 0.15) is 5.75 Å². The molecule has 0 unspecified atom stereocenters. The lowest BCUT2D eigenvalue weighted by Crippen LogP contribution is -2.10. The molecule has 1 atom stereocenters. The molecule has 0 aliphatic carbocycles. The van der Waals surface area contributed by atoms with Gasteiger partial charge in [-0.2, -0.15) is 0 Å². The van der Waals surface area contributed by atoms with Gasteiger partial charge in [-0.25, -0.2) is 4.57 Å². The highest BCUT2D eigenvalue weighted by atomic mass is 31.2. The van der Waals surface area contributed by atoms with Gasteiger partial charge in [0.2, 0.25) is 0 Å². The molecular formula is C13H13O3P. The molecule has 2 aromatic rings. The molecule has 0 fully saturated rings. The molecule has 0 aromatic heterocycles. The molecule has 0 bridgehead atoms. The Labute approximate surface area is 101 Å². The van der Waals surface area contributed by atoms with Crippen molar-refractivity contribution in [2.45, 2.75) is 0 Å². The van der Waals surface area contributed by atoms with Crippen molar-refractivity contribution in [1.29, 1.82) is 0 Å². The van der Waals surface area contributed by atoms with Gasteiger partial charge in [0.25, 0.3) is 0 Å². The molecule has 4 heteroatoms. The second-order valence-corrected chi connectivity index (χ2v) is 5.48. The molecule has 0 saturated carbocycles. The molecule has 3 nitrogen and oxygen atoms in total. The van der Waals surface area contributed by atoms with E-state index in [4.69, 9.17) is 9.05 Å². The molecule has 88 valence electrons. The lowest BCUT2D eigenvalue weighted by molar-refractivity contribution is 0.334. The smallest absolute Gasteiger partial charge is 0.410 e. The maximum Gasteiger partial charge on any atom is 0.410 e. The summed E-state index contributed by atoms with van der Waals surface area (Å²) in [5.41, 5.74) is 0. The lowest BCUT2D eigenvalue weighted by Gasteiger charge is -2.17. The van der Waals surface area contributed by atoms with Crippen molar-refractivity contribution in [2.24, 2.45) is 0 Å². The van der Waals surface area contributed by atoms with E-state index in [1.807, 2.05) is 24.3 Å². The minimum atomic E-state index is -3.27. The predicted molar refractivity (Wildman–Crippen MR) is 67.8 cm³/mol. The van der Waals surface area contributed by atoms with E-state index in [0.717, 1.165) is 0 Å². The molecule has 17 heavy (non-hydrogen) atoms. The Morgan fingerprint density at radius 3 is 1.94 bits per heavy atom. The fraction of sp³-hybridized carbons (Fsp3) is 0.0769. The maximum absolute atomic E-state index is 12.5. The SMILES string of the molecule is CO[P@@](=O)(Oc1ccccc1)c1ccccc1. The molecule has 0 aliphatic rings. The Hall–Kier alpha value is -1.57. The van der Waals surface area contributed by atoms with Crippen molar-refractivity contribution in [3.05, 3.63) is 60.7 Å². The minimum Gasteiger partial charge on any atom is -0.421 e. The molecule has 0 saturated heterocycles. The Morgan fingerprint density at radius 1 is 0.882 bits per heavy atom. The molecule has 0 aliphatic heterocycles. The normalized spacial score (nSPS) is 13.9. The van der Waals surface area contributed by atoms with Crippen LogP contribution >= 0.6 is 7.60 Å². The fourth-order valence-electron chi connectivity index (χ4n) is 1.43. The van der Waals surface area contributed by atoms with Gasteiger partial charge < -0.3 is 4.52 Å². The van der Waals surface area contributed by atoms with Gasteiger partial charge in [0, 0.05) is 7.11 Å². The number of benzene rings is 2. The monoisotopic (exact) mass is 248 g/mol. The number of hydrogen-bond donors (Lipinski definition) is 0.